The van der Waals surface area contributed by atoms with Crippen LogP contribution in [0.25, 0.3) is 6.08 Å². The van der Waals surface area contributed by atoms with Crippen molar-refractivity contribution in [3.05, 3.63) is 35.2 Å². The maximum atomic E-state index is 11.6. The molecule has 1 N–H and O–H groups in total. The fraction of sp³-hybridized carbons (Fsp3) is 0.400. The summed E-state index contributed by atoms with van der Waals surface area (Å²) in [6.07, 6.45) is 0.872. The molecule has 0 radical (unpaired) electrons. The van der Waals surface area contributed by atoms with E-state index in [2.05, 4.69) is 9.50 Å². The molecule has 6 nitrogen and oxygen atoms in total. The molecule has 0 spiro atoms. The van der Waals surface area contributed by atoms with Gasteiger partial charge >= 0.3 is 6.09 Å². The smallest absolute Gasteiger partial charge is 0.412 e. The van der Waals surface area contributed by atoms with Gasteiger partial charge in [-0.15, -0.1) is 0 Å². The van der Waals surface area contributed by atoms with Crippen LogP contribution in [0.3, 0.4) is 0 Å². The summed E-state index contributed by atoms with van der Waals surface area (Å²) in [5.74, 6) is 0. The first-order valence-corrected chi connectivity index (χ1v) is 8.26. The minimum absolute atomic E-state index is 0.0887. The van der Waals surface area contributed by atoms with Crippen LogP contribution in [0.1, 0.15) is 33.3 Å². The van der Waals surface area contributed by atoms with Crippen LogP contribution in [0.2, 0.25) is 0 Å². The summed E-state index contributed by atoms with van der Waals surface area (Å²) < 4.78 is 32.4. The second kappa shape index (κ2) is 7.42. The molecule has 0 atom stereocenters. The highest BCUT2D eigenvalue weighted by Crippen LogP contribution is 2.14. The normalized spacial score (nSPS) is 12.4. The maximum absolute atomic E-state index is 11.6. The SMILES string of the molecule is CCOS(=O)(=O)/C=C/c1ccc(NC(=O)OC(C)(C)C)cc1. The first-order valence-electron chi connectivity index (χ1n) is 6.79. The molecule has 0 bridgehead atoms. The molecule has 1 aromatic rings. The number of nitrogens with one attached hydrogen (secondary N) is 1. The molecule has 0 fully saturated rings. The van der Waals surface area contributed by atoms with Crippen LogP contribution in [0, 0.1) is 0 Å². The van der Waals surface area contributed by atoms with Crippen molar-refractivity contribution in [2.45, 2.75) is 33.3 Å². The summed E-state index contributed by atoms with van der Waals surface area (Å²) in [6, 6.07) is 6.64. The Balaban J connectivity index is 2.68. The van der Waals surface area contributed by atoms with Crippen molar-refractivity contribution in [1.82, 2.24) is 0 Å². The molecule has 7 heteroatoms. The number of amides is 1. The third-order valence-corrected chi connectivity index (χ3v) is 3.30. The zero-order valence-corrected chi connectivity index (χ0v) is 13.9. The minimum Gasteiger partial charge on any atom is -0.444 e. The van der Waals surface area contributed by atoms with E-state index in [4.69, 9.17) is 4.74 Å². The number of carbonyl (C=O) groups is 1. The van der Waals surface area contributed by atoms with E-state index in [1.54, 1.807) is 52.0 Å². The van der Waals surface area contributed by atoms with E-state index in [1.165, 1.54) is 6.08 Å². The molecule has 122 valence electrons. The van der Waals surface area contributed by atoms with Crippen LogP contribution in [0.15, 0.2) is 29.7 Å². The maximum Gasteiger partial charge on any atom is 0.412 e. The molecule has 22 heavy (non-hydrogen) atoms. The third kappa shape index (κ3) is 7.24. The third-order valence-electron chi connectivity index (χ3n) is 2.27. The van der Waals surface area contributed by atoms with Gasteiger partial charge in [0, 0.05) is 5.69 Å². The lowest BCUT2D eigenvalue weighted by molar-refractivity contribution is 0.0636. The quantitative estimate of drug-likeness (QED) is 0.839. The fourth-order valence-electron chi connectivity index (χ4n) is 1.46. The van der Waals surface area contributed by atoms with Crippen LogP contribution in [-0.2, 0) is 19.0 Å². The van der Waals surface area contributed by atoms with Crippen LogP contribution < -0.4 is 5.32 Å². The second-order valence-electron chi connectivity index (χ2n) is 5.45. The Morgan fingerprint density at radius 1 is 1.23 bits per heavy atom. The van der Waals surface area contributed by atoms with Gasteiger partial charge in [-0.1, -0.05) is 12.1 Å². The van der Waals surface area contributed by atoms with Crippen molar-refractivity contribution < 1.29 is 22.1 Å². The highest BCUT2D eigenvalue weighted by atomic mass is 32.2. The Labute approximate surface area is 131 Å². The lowest BCUT2D eigenvalue weighted by Crippen LogP contribution is -2.27. The number of anilines is 1. The number of hydrogen-bond donors (Lipinski definition) is 1. The average molecular weight is 327 g/mol. The van der Waals surface area contributed by atoms with E-state index in [9.17, 15) is 13.2 Å². The summed E-state index contributed by atoms with van der Waals surface area (Å²) in [7, 11) is -3.65. The van der Waals surface area contributed by atoms with Crippen LogP contribution in [-0.4, -0.2) is 26.7 Å². The molecule has 0 aliphatic carbocycles. The van der Waals surface area contributed by atoms with Crippen molar-refractivity contribution in [3.63, 3.8) is 0 Å². The largest absolute Gasteiger partial charge is 0.444 e. The predicted molar refractivity (Wildman–Crippen MR) is 85.9 cm³/mol. The molecule has 0 unspecified atom stereocenters. The molecular weight excluding hydrogens is 306 g/mol. The molecule has 0 heterocycles. The fourth-order valence-corrected chi connectivity index (χ4v) is 2.20. The van der Waals surface area contributed by atoms with E-state index in [0.29, 0.717) is 11.3 Å². The van der Waals surface area contributed by atoms with Gasteiger partial charge in [-0.05, 0) is 51.5 Å². The van der Waals surface area contributed by atoms with Crippen molar-refractivity contribution in [2.24, 2.45) is 0 Å². The zero-order chi connectivity index (χ0) is 16.8. The van der Waals surface area contributed by atoms with Crippen LogP contribution in [0.5, 0.6) is 0 Å². The Kier molecular flexibility index (Phi) is 6.13. The number of benzene rings is 1. The van der Waals surface area contributed by atoms with Crippen molar-refractivity contribution >= 4 is 28.0 Å². The van der Waals surface area contributed by atoms with Gasteiger partial charge in [-0.25, -0.2) is 4.79 Å². The van der Waals surface area contributed by atoms with E-state index < -0.39 is 21.8 Å². The van der Waals surface area contributed by atoms with Crippen molar-refractivity contribution in [1.29, 1.82) is 0 Å². The zero-order valence-electron chi connectivity index (χ0n) is 13.1. The second-order valence-corrected chi connectivity index (χ2v) is 6.94. The molecule has 0 saturated heterocycles. The molecular formula is C15H21NO5S. The van der Waals surface area contributed by atoms with Crippen LogP contribution >= 0.6 is 0 Å². The molecule has 0 aromatic heterocycles. The van der Waals surface area contributed by atoms with Gasteiger partial charge in [0.1, 0.15) is 5.60 Å². The Hall–Kier alpha value is -1.86. The molecule has 1 amide bonds. The lowest BCUT2D eigenvalue weighted by atomic mass is 10.2. The van der Waals surface area contributed by atoms with Gasteiger partial charge in [-0.2, -0.15) is 8.42 Å². The van der Waals surface area contributed by atoms with Gasteiger partial charge in [0.2, 0.25) is 0 Å². The summed E-state index contributed by atoms with van der Waals surface area (Å²) >= 11 is 0. The number of carbonyl (C=O) groups excluding carboxylic acids is 1. The number of hydrogen-bond acceptors (Lipinski definition) is 5. The average Bonchev–Trinajstić information content (AvgIpc) is 2.35. The molecule has 0 saturated carbocycles. The topological polar surface area (TPSA) is 81.7 Å². The number of rotatable bonds is 5. The summed E-state index contributed by atoms with van der Waals surface area (Å²) in [6.45, 7) is 7.02. The van der Waals surface area contributed by atoms with E-state index in [0.717, 1.165) is 5.41 Å². The molecule has 0 aliphatic heterocycles. The van der Waals surface area contributed by atoms with E-state index in [-0.39, 0.29) is 6.61 Å². The first-order chi connectivity index (χ1) is 10.1. The van der Waals surface area contributed by atoms with Gasteiger partial charge < -0.3 is 4.74 Å². The first kappa shape index (κ1) is 18.2. The Morgan fingerprint density at radius 3 is 2.32 bits per heavy atom. The standard InChI is InChI=1S/C15H21NO5S/c1-5-20-22(18,19)11-10-12-6-8-13(9-7-12)16-14(17)21-15(2,3)4/h6-11H,5H2,1-4H3,(H,16,17)/b11-10+. The Morgan fingerprint density at radius 2 is 1.82 bits per heavy atom. The molecule has 1 rings (SSSR count). The Bertz CT molecular complexity index is 627. The number of ether oxygens (including phenoxy) is 1. The molecule has 0 aliphatic rings. The summed E-state index contributed by atoms with van der Waals surface area (Å²) in [5.41, 5.74) is 0.650. The molecule has 1 aromatic carbocycles. The van der Waals surface area contributed by atoms with Gasteiger partial charge in [0.05, 0.1) is 12.0 Å². The van der Waals surface area contributed by atoms with Crippen LogP contribution in [0.4, 0.5) is 10.5 Å². The van der Waals surface area contributed by atoms with E-state index in [1.807, 2.05) is 0 Å². The highest BCUT2D eigenvalue weighted by molar-refractivity contribution is 7.89. The van der Waals surface area contributed by atoms with Crippen molar-refractivity contribution in [3.8, 4) is 0 Å². The summed E-state index contributed by atoms with van der Waals surface area (Å²) in [5, 5.41) is 3.58. The predicted octanol–water partition coefficient (Wildman–Crippen LogP) is 3.37. The van der Waals surface area contributed by atoms with Gasteiger partial charge in [0.25, 0.3) is 10.1 Å². The van der Waals surface area contributed by atoms with Gasteiger partial charge in [-0.3, -0.25) is 9.50 Å². The highest BCUT2D eigenvalue weighted by Gasteiger charge is 2.15. The van der Waals surface area contributed by atoms with Crippen molar-refractivity contribution in [2.75, 3.05) is 11.9 Å². The summed E-state index contributed by atoms with van der Waals surface area (Å²) in [4.78, 5) is 11.6. The van der Waals surface area contributed by atoms with E-state index >= 15 is 0 Å². The lowest BCUT2D eigenvalue weighted by Gasteiger charge is -2.19. The van der Waals surface area contributed by atoms with Gasteiger partial charge in [0.15, 0.2) is 0 Å². The monoisotopic (exact) mass is 327 g/mol. The minimum atomic E-state index is -3.65.